The molecule has 1 amide bonds. The fourth-order valence-electron chi connectivity index (χ4n) is 6.44. The number of unbranched alkanes of at least 4 members (excludes halogenated alkanes) is 20. The summed E-state index contributed by atoms with van der Waals surface area (Å²) in [5.41, 5.74) is 2.34. The van der Waals surface area contributed by atoms with E-state index in [4.69, 9.17) is 15.9 Å². The van der Waals surface area contributed by atoms with E-state index in [1.54, 1.807) is 11.8 Å². The highest BCUT2D eigenvalue weighted by Crippen LogP contribution is 2.36. The van der Waals surface area contributed by atoms with E-state index in [0.29, 0.717) is 6.42 Å². The number of nitrogens with zero attached hydrogens (tertiary/aromatic N) is 1. The van der Waals surface area contributed by atoms with Crippen molar-refractivity contribution in [1.29, 1.82) is 0 Å². The van der Waals surface area contributed by atoms with Gasteiger partial charge in [-0.2, -0.15) is 0 Å². The number of carbonyl (C=O) groups excluding carboxylic acids is 2. The number of carbonyl (C=O) groups is 2. The summed E-state index contributed by atoms with van der Waals surface area (Å²) in [6.45, 7) is 4.02. The Morgan fingerprint density at radius 2 is 1.25 bits per heavy atom. The molecule has 5 nitrogen and oxygen atoms in total. The lowest BCUT2D eigenvalue weighted by molar-refractivity contribution is -0.166. The van der Waals surface area contributed by atoms with Gasteiger partial charge in [-0.05, 0) is 30.4 Å². The smallest absolute Gasteiger partial charge is 0.414 e. The van der Waals surface area contributed by atoms with E-state index in [2.05, 4.69) is 18.9 Å². The van der Waals surface area contributed by atoms with Crippen LogP contribution in [0.5, 0.6) is 0 Å². The summed E-state index contributed by atoms with van der Waals surface area (Å²) in [6.07, 6.45) is 34.2. The van der Waals surface area contributed by atoms with E-state index < -0.39 is 12.4 Å². The van der Waals surface area contributed by atoms with Gasteiger partial charge in [-0.3, -0.25) is 9.69 Å². The number of amides is 1. The number of hydrogen-bond acceptors (Lipinski definition) is 4. The van der Waals surface area contributed by atoms with Crippen molar-refractivity contribution in [3.05, 3.63) is 35.4 Å². The van der Waals surface area contributed by atoms with Crippen molar-refractivity contribution in [3.63, 3.8) is 0 Å². The van der Waals surface area contributed by atoms with Crippen molar-refractivity contribution in [3.8, 4) is 12.3 Å². The normalized spacial score (nSPS) is 14.5. The zero-order valence-electron chi connectivity index (χ0n) is 28.3. The molecular weight excluding hydrogens is 546 g/mol. The second-order valence-electron chi connectivity index (χ2n) is 12.8. The van der Waals surface area contributed by atoms with Crippen LogP contribution in [0.15, 0.2) is 24.3 Å². The molecular formula is C39H63NO4. The summed E-state index contributed by atoms with van der Waals surface area (Å²) in [6, 6.07) is 7.99. The number of esters is 1. The number of ether oxygens (including phenoxy) is 2. The van der Waals surface area contributed by atoms with Crippen LogP contribution in [0.25, 0.3) is 0 Å². The molecule has 248 valence electrons. The first-order valence-electron chi connectivity index (χ1n) is 18.2. The van der Waals surface area contributed by atoms with E-state index in [0.717, 1.165) is 37.7 Å². The molecule has 0 N–H and O–H groups in total. The molecule has 0 radical (unpaired) electrons. The maximum absolute atomic E-state index is 12.9. The lowest BCUT2D eigenvalue weighted by Crippen LogP contribution is -2.37. The Bertz CT molecular complexity index is 938. The van der Waals surface area contributed by atoms with E-state index in [1.807, 2.05) is 18.2 Å². The first-order chi connectivity index (χ1) is 21.6. The van der Waals surface area contributed by atoms with Gasteiger partial charge in [0.15, 0.2) is 0 Å². The van der Waals surface area contributed by atoms with Crippen LogP contribution in [-0.2, 0) is 20.7 Å². The topological polar surface area (TPSA) is 55.8 Å². The molecule has 1 aromatic carbocycles. The summed E-state index contributed by atoms with van der Waals surface area (Å²) in [7, 11) is 0. The molecule has 0 aliphatic heterocycles. The predicted octanol–water partition coefficient (Wildman–Crippen LogP) is 11.2. The molecule has 2 atom stereocenters. The van der Waals surface area contributed by atoms with Crippen LogP contribution in [0.4, 0.5) is 4.79 Å². The van der Waals surface area contributed by atoms with Crippen molar-refractivity contribution >= 4 is 12.1 Å². The Morgan fingerprint density at radius 3 is 1.75 bits per heavy atom. The largest absolute Gasteiger partial charge is 0.425 e. The minimum atomic E-state index is -0.943. The second kappa shape index (κ2) is 24.8. The first kappa shape index (κ1) is 37.7. The lowest BCUT2D eigenvalue weighted by Gasteiger charge is -2.28. The summed E-state index contributed by atoms with van der Waals surface area (Å²) in [5, 5.41) is 0. The van der Waals surface area contributed by atoms with Crippen molar-refractivity contribution in [2.45, 2.75) is 180 Å². The van der Waals surface area contributed by atoms with Crippen LogP contribution in [0, 0.1) is 12.3 Å². The predicted molar refractivity (Wildman–Crippen MR) is 182 cm³/mol. The fourth-order valence-corrected chi connectivity index (χ4v) is 6.44. The molecule has 5 heteroatoms. The van der Waals surface area contributed by atoms with Gasteiger partial charge in [0, 0.05) is 13.3 Å². The maximum atomic E-state index is 12.9. The Kier molecular flexibility index (Phi) is 21.2. The maximum Gasteiger partial charge on any atom is 0.414 e. The molecule has 1 aromatic rings. The van der Waals surface area contributed by atoms with Crippen molar-refractivity contribution in [2.75, 3.05) is 6.54 Å². The van der Waals surface area contributed by atoms with Crippen molar-refractivity contribution < 1.29 is 19.1 Å². The molecule has 2 rings (SSSR count). The number of aryl methyl sites for hydroxylation is 1. The van der Waals surface area contributed by atoms with E-state index in [1.165, 1.54) is 121 Å². The van der Waals surface area contributed by atoms with E-state index >= 15 is 0 Å². The quantitative estimate of drug-likeness (QED) is 0.0454. The van der Waals surface area contributed by atoms with Crippen molar-refractivity contribution in [1.82, 2.24) is 4.90 Å². The molecule has 0 spiro atoms. The third-order valence-corrected chi connectivity index (χ3v) is 9.02. The van der Waals surface area contributed by atoms with Gasteiger partial charge in [0.05, 0.1) is 12.6 Å². The monoisotopic (exact) mass is 609 g/mol. The third kappa shape index (κ3) is 16.6. The van der Waals surface area contributed by atoms with Gasteiger partial charge < -0.3 is 9.47 Å². The summed E-state index contributed by atoms with van der Waals surface area (Å²) in [5.74, 6) is 2.25. The number of fused-ring (bicyclic) bond motifs is 1. The van der Waals surface area contributed by atoms with Gasteiger partial charge in [0.25, 0.3) is 0 Å². The third-order valence-electron chi connectivity index (χ3n) is 9.02. The Balaban J connectivity index is 1.39. The van der Waals surface area contributed by atoms with Crippen LogP contribution >= 0.6 is 0 Å². The number of benzene rings is 1. The SMILES string of the molecule is C#CCN(C(=O)OC(C)OC(=O)CCCCCCCCCCCCCCCCCCCCCCC)[C@@H]1CCc2ccccc21. The molecule has 0 saturated heterocycles. The van der Waals surface area contributed by atoms with E-state index in [-0.39, 0.29) is 18.6 Å². The Morgan fingerprint density at radius 1 is 0.773 bits per heavy atom. The van der Waals surface area contributed by atoms with Gasteiger partial charge in [-0.25, -0.2) is 4.79 Å². The minimum absolute atomic E-state index is 0.114. The Labute approximate surface area is 270 Å². The molecule has 0 saturated carbocycles. The van der Waals surface area contributed by atoms with Gasteiger partial charge in [0.2, 0.25) is 6.29 Å². The number of terminal acetylenes is 1. The Hall–Kier alpha value is -2.48. The molecule has 0 fully saturated rings. The number of hydrogen-bond donors (Lipinski definition) is 0. The summed E-state index contributed by atoms with van der Waals surface area (Å²) >= 11 is 0. The van der Waals surface area contributed by atoms with Crippen LogP contribution in [0.2, 0.25) is 0 Å². The molecule has 0 bridgehead atoms. The van der Waals surface area contributed by atoms with Gasteiger partial charge >= 0.3 is 12.1 Å². The van der Waals surface area contributed by atoms with E-state index in [9.17, 15) is 9.59 Å². The molecule has 1 unspecified atom stereocenters. The van der Waals surface area contributed by atoms with Crippen LogP contribution in [0.1, 0.15) is 179 Å². The summed E-state index contributed by atoms with van der Waals surface area (Å²) in [4.78, 5) is 26.8. The van der Waals surface area contributed by atoms with Crippen LogP contribution in [0.3, 0.4) is 0 Å². The average Bonchev–Trinajstić information content (AvgIpc) is 3.44. The van der Waals surface area contributed by atoms with Gasteiger partial charge in [-0.1, -0.05) is 166 Å². The highest BCUT2D eigenvalue weighted by Gasteiger charge is 2.32. The zero-order chi connectivity index (χ0) is 31.7. The fraction of sp³-hybridized carbons (Fsp3) is 0.744. The molecule has 1 aliphatic carbocycles. The minimum Gasteiger partial charge on any atom is -0.425 e. The molecule has 1 aliphatic rings. The van der Waals surface area contributed by atoms with Gasteiger partial charge in [0.1, 0.15) is 0 Å². The average molecular weight is 610 g/mol. The summed E-state index contributed by atoms with van der Waals surface area (Å²) < 4.78 is 10.8. The molecule has 44 heavy (non-hydrogen) atoms. The lowest BCUT2D eigenvalue weighted by atomic mass is 10.0. The highest BCUT2D eigenvalue weighted by atomic mass is 16.7. The zero-order valence-corrected chi connectivity index (χ0v) is 28.3. The first-order valence-corrected chi connectivity index (χ1v) is 18.2. The standard InChI is InChI=1S/C39H63NO4/c1-4-6-7-8-9-10-11-12-13-14-15-16-17-18-19-20-21-22-23-24-25-30-38(41)43-34(3)44-39(42)40(33-5-2)37-32-31-35-28-26-27-29-36(35)37/h2,26-29,34,37H,4,6-25,30-33H2,1,3H3/t34?,37-/m1/s1. The molecule has 0 aromatic heterocycles. The second-order valence-corrected chi connectivity index (χ2v) is 12.8. The van der Waals surface area contributed by atoms with Crippen LogP contribution in [-0.4, -0.2) is 29.8 Å². The van der Waals surface area contributed by atoms with Crippen molar-refractivity contribution in [2.24, 2.45) is 0 Å². The highest BCUT2D eigenvalue weighted by molar-refractivity contribution is 5.71. The molecule has 0 heterocycles. The van der Waals surface area contributed by atoms with Gasteiger partial charge in [-0.15, -0.1) is 6.42 Å². The number of rotatable bonds is 26. The van der Waals surface area contributed by atoms with Crippen LogP contribution < -0.4 is 0 Å².